The molecular weight excluding hydrogens is 419 g/mol. The van der Waals surface area contributed by atoms with Crippen molar-refractivity contribution in [3.05, 3.63) is 97.1 Å². The van der Waals surface area contributed by atoms with E-state index in [9.17, 15) is 20.4 Å². The number of phenolic OH excluding ortho intramolecular Hbond substituents is 4. The van der Waals surface area contributed by atoms with Gasteiger partial charge in [0.25, 0.3) is 0 Å². The molecule has 4 rings (SSSR count). The maximum atomic E-state index is 10.9. The van der Waals surface area contributed by atoms with Crippen molar-refractivity contribution in [1.29, 1.82) is 0 Å². The third-order valence-electron chi connectivity index (χ3n) is 4.97. The second-order valence-corrected chi connectivity index (χ2v) is 9.89. The summed E-state index contributed by atoms with van der Waals surface area (Å²) in [5, 5.41) is 45.7. The molecule has 0 bridgehead atoms. The van der Waals surface area contributed by atoms with Crippen LogP contribution in [0.1, 0.15) is 0 Å². The highest BCUT2D eigenvalue weighted by Gasteiger charge is 2.54. The highest BCUT2D eigenvalue weighted by molar-refractivity contribution is 8.02. The van der Waals surface area contributed by atoms with Gasteiger partial charge in [-0.15, -0.1) is 0 Å². The molecule has 152 valence electrons. The largest absolute Gasteiger partial charge is 1.00 e. The van der Waals surface area contributed by atoms with E-state index in [-0.39, 0.29) is 35.4 Å². The van der Waals surface area contributed by atoms with Crippen LogP contribution in [0.25, 0.3) is 0 Å². The van der Waals surface area contributed by atoms with Gasteiger partial charge in [-0.25, -0.2) is 0 Å². The van der Waals surface area contributed by atoms with Crippen LogP contribution in [0.3, 0.4) is 0 Å². The number of hydrogen-bond acceptors (Lipinski definition) is 4. The Hall–Kier alpha value is -3.20. The molecule has 4 nitrogen and oxygen atoms in total. The first-order chi connectivity index (χ1) is 14.1. The summed E-state index contributed by atoms with van der Waals surface area (Å²) in [4.78, 5) is 0. The lowest BCUT2D eigenvalue weighted by molar-refractivity contribution is -0.00000959. The van der Waals surface area contributed by atoms with Gasteiger partial charge in [0.1, 0.15) is 0 Å². The van der Waals surface area contributed by atoms with E-state index in [0.29, 0.717) is 21.2 Å². The molecule has 0 unspecified atom stereocenters. The van der Waals surface area contributed by atoms with E-state index in [2.05, 4.69) is 0 Å². The zero-order chi connectivity index (χ0) is 20.4. The Morgan fingerprint density at radius 1 is 0.367 bits per heavy atom. The molecule has 0 heterocycles. The summed E-state index contributed by atoms with van der Waals surface area (Å²) < 4.78 is 0. The standard InChI is InChI=1S/C24H19O4P.ClH/c25-17-9-1-5-13-21(17)29(22-14-6-2-10-18(22)26,23-15-7-3-11-19(23)27)24-16-8-4-12-20(24)28;/h1-16H,(H3-,25,26,27,28);1H. The van der Waals surface area contributed by atoms with Crippen molar-refractivity contribution in [2.24, 2.45) is 0 Å². The van der Waals surface area contributed by atoms with Gasteiger partial charge >= 0.3 is 0 Å². The molecule has 0 saturated heterocycles. The molecule has 0 aliphatic heterocycles. The van der Waals surface area contributed by atoms with Crippen LogP contribution >= 0.6 is 7.26 Å². The number of phenols is 4. The molecular formula is C24H20ClO4P. The minimum atomic E-state index is -3.06. The number of halogens is 1. The molecule has 0 amide bonds. The van der Waals surface area contributed by atoms with Crippen molar-refractivity contribution in [2.75, 3.05) is 0 Å². The predicted octanol–water partition coefficient (Wildman–Crippen LogP) is 0.132. The second-order valence-electron chi connectivity index (χ2n) is 6.63. The summed E-state index contributed by atoms with van der Waals surface area (Å²) in [5.41, 5.74) is 0. The van der Waals surface area contributed by atoms with Crippen molar-refractivity contribution in [3.8, 4) is 23.0 Å². The van der Waals surface area contributed by atoms with E-state index >= 15 is 0 Å². The first-order valence-corrected chi connectivity index (χ1v) is 10.9. The molecule has 0 saturated carbocycles. The van der Waals surface area contributed by atoms with E-state index in [0.717, 1.165) is 0 Å². The van der Waals surface area contributed by atoms with Crippen molar-refractivity contribution in [1.82, 2.24) is 0 Å². The second kappa shape index (κ2) is 8.66. The molecule has 4 aromatic rings. The van der Waals surface area contributed by atoms with Crippen LogP contribution in [0.4, 0.5) is 0 Å². The Labute approximate surface area is 181 Å². The quantitative estimate of drug-likeness (QED) is 0.342. The Morgan fingerprint density at radius 2 is 0.567 bits per heavy atom. The smallest absolute Gasteiger partial charge is 0.160 e. The first kappa shape index (κ1) is 21.5. The van der Waals surface area contributed by atoms with Gasteiger partial charge in [-0.05, 0) is 48.5 Å². The molecule has 4 aromatic carbocycles. The summed E-state index contributed by atoms with van der Waals surface area (Å²) in [7, 11) is -3.06. The van der Waals surface area contributed by atoms with Crippen LogP contribution in [-0.2, 0) is 0 Å². The lowest BCUT2D eigenvalue weighted by Crippen LogP contribution is -3.00. The summed E-state index contributed by atoms with van der Waals surface area (Å²) in [6.45, 7) is 0. The SMILES string of the molecule is Oc1ccccc1[P+](c1ccccc1O)(c1ccccc1O)c1ccccc1O.[Cl-]. The fourth-order valence-electron chi connectivity index (χ4n) is 3.77. The predicted molar refractivity (Wildman–Crippen MR) is 118 cm³/mol. The molecule has 0 aliphatic rings. The monoisotopic (exact) mass is 438 g/mol. The topological polar surface area (TPSA) is 80.9 Å². The highest BCUT2D eigenvalue weighted by Crippen LogP contribution is 2.60. The number of para-hydroxylation sites is 4. The highest BCUT2D eigenvalue weighted by atomic mass is 35.5. The lowest BCUT2D eigenvalue weighted by Gasteiger charge is -2.29. The minimum Gasteiger partial charge on any atom is -1.00 e. The summed E-state index contributed by atoms with van der Waals surface area (Å²) in [6, 6.07) is 27.4. The van der Waals surface area contributed by atoms with Gasteiger partial charge in [-0.2, -0.15) is 0 Å². The van der Waals surface area contributed by atoms with Crippen LogP contribution in [0, 0.1) is 0 Å². The van der Waals surface area contributed by atoms with Gasteiger partial charge in [-0.1, -0.05) is 48.5 Å². The lowest BCUT2D eigenvalue weighted by atomic mass is 10.3. The zero-order valence-electron chi connectivity index (χ0n) is 15.9. The number of aromatic hydroxyl groups is 4. The van der Waals surface area contributed by atoms with E-state index in [1.165, 1.54) is 0 Å². The van der Waals surface area contributed by atoms with Gasteiger partial charge in [0.15, 0.2) is 51.5 Å². The maximum Gasteiger partial charge on any atom is 0.160 e. The Kier molecular flexibility index (Phi) is 6.21. The fourth-order valence-corrected chi connectivity index (χ4v) is 8.24. The number of benzene rings is 4. The van der Waals surface area contributed by atoms with E-state index in [4.69, 9.17) is 0 Å². The van der Waals surface area contributed by atoms with Gasteiger partial charge in [0.2, 0.25) is 0 Å². The Bertz CT molecular complexity index is 991. The molecule has 0 aliphatic carbocycles. The van der Waals surface area contributed by atoms with Crippen LogP contribution in [0.2, 0.25) is 0 Å². The van der Waals surface area contributed by atoms with E-state index in [1.807, 2.05) is 0 Å². The van der Waals surface area contributed by atoms with Crippen molar-refractivity contribution < 1.29 is 32.8 Å². The van der Waals surface area contributed by atoms with Crippen LogP contribution in [-0.4, -0.2) is 20.4 Å². The number of hydrogen-bond donors (Lipinski definition) is 4. The Balaban J connectivity index is 0.00000256. The third kappa shape index (κ3) is 3.35. The normalized spacial score (nSPS) is 10.9. The maximum absolute atomic E-state index is 10.9. The average Bonchev–Trinajstić information content (AvgIpc) is 2.73. The Morgan fingerprint density at radius 3 is 0.767 bits per heavy atom. The average molecular weight is 439 g/mol. The molecule has 0 fully saturated rings. The van der Waals surface area contributed by atoms with Crippen molar-refractivity contribution in [3.63, 3.8) is 0 Å². The minimum absolute atomic E-state index is 0. The molecule has 6 heteroatoms. The van der Waals surface area contributed by atoms with Gasteiger partial charge < -0.3 is 32.8 Å². The fraction of sp³-hybridized carbons (Fsp3) is 0. The van der Waals surface area contributed by atoms with Crippen molar-refractivity contribution >= 4 is 28.5 Å². The third-order valence-corrected chi connectivity index (χ3v) is 9.38. The van der Waals surface area contributed by atoms with Crippen LogP contribution < -0.4 is 33.6 Å². The molecule has 0 spiro atoms. The summed E-state index contributed by atoms with van der Waals surface area (Å²) in [6.07, 6.45) is 0. The molecule has 0 atom stereocenters. The van der Waals surface area contributed by atoms with Crippen LogP contribution in [0.5, 0.6) is 23.0 Å². The van der Waals surface area contributed by atoms with Gasteiger partial charge in [0, 0.05) is 0 Å². The van der Waals surface area contributed by atoms with Gasteiger partial charge in [-0.3, -0.25) is 0 Å². The zero-order valence-corrected chi connectivity index (χ0v) is 17.5. The van der Waals surface area contributed by atoms with Crippen molar-refractivity contribution in [2.45, 2.75) is 0 Å². The van der Waals surface area contributed by atoms with E-state index in [1.54, 1.807) is 97.1 Å². The van der Waals surface area contributed by atoms with Gasteiger partial charge in [0.05, 0.1) is 0 Å². The number of rotatable bonds is 4. The molecule has 0 radical (unpaired) electrons. The molecule has 4 N–H and O–H groups in total. The molecule has 30 heavy (non-hydrogen) atoms. The first-order valence-electron chi connectivity index (χ1n) is 9.10. The summed E-state index contributed by atoms with van der Waals surface area (Å²) in [5.74, 6) is 0.0948. The van der Waals surface area contributed by atoms with Crippen LogP contribution in [0.15, 0.2) is 97.1 Å². The summed E-state index contributed by atoms with van der Waals surface area (Å²) >= 11 is 0. The molecule has 0 aromatic heterocycles. The van der Waals surface area contributed by atoms with E-state index < -0.39 is 7.26 Å².